The van der Waals surface area contributed by atoms with Crippen LogP contribution >= 0.6 is 0 Å². The van der Waals surface area contributed by atoms with E-state index < -0.39 is 5.91 Å². The Hall–Kier alpha value is -2.60. The second-order valence-electron chi connectivity index (χ2n) is 4.59. The summed E-state index contributed by atoms with van der Waals surface area (Å²) in [6.07, 6.45) is 1.32. The van der Waals surface area contributed by atoms with E-state index in [4.69, 9.17) is 10.3 Å². The molecule has 20 heavy (non-hydrogen) atoms. The smallest absolute Gasteiger partial charge is 0.268 e. The van der Waals surface area contributed by atoms with Crippen LogP contribution in [0.1, 0.15) is 32.0 Å². The van der Waals surface area contributed by atoms with E-state index in [0.29, 0.717) is 24.4 Å². The van der Waals surface area contributed by atoms with Crippen molar-refractivity contribution in [2.24, 2.45) is 5.84 Å². The normalized spacial score (nSPS) is 13.4. The third-order valence-corrected chi connectivity index (χ3v) is 3.29. The number of nitrogen functional groups attached to an aromatic ring is 1. The predicted molar refractivity (Wildman–Crippen MR) is 70.4 cm³/mol. The number of hydrogen-bond acceptors (Lipinski definition) is 4. The van der Waals surface area contributed by atoms with Crippen LogP contribution in [-0.4, -0.2) is 16.7 Å². The standard InChI is InChI=1S/C14H13N3O3/c15-16-13(18)10-5-11(20-8-10)7-17-6-9-3-1-2-4-12(9)14(17)19/h1-5,8H,6-7,15H2,(H,16,18). The minimum Gasteiger partial charge on any atom is -0.467 e. The van der Waals surface area contributed by atoms with Gasteiger partial charge < -0.3 is 9.32 Å². The largest absolute Gasteiger partial charge is 0.467 e. The highest BCUT2D eigenvalue weighted by atomic mass is 16.3. The third-order valence-electron chi connectivity index (χ3n) is 3.29. The zero-order valence-electron chi connectivity index (χ0n) is 10.6. The average molecular weight is 271 g/mol. The summed E-state index contributed by atoms with van der Waals surface area (Å²) in [6, 6.07) is 9.08. The van der Waals surface area contributed by atoms with Crippen molar-refractivity contribution in [1.29, 1.82) is 0 Å². The minimum absolute atomic E-state index is 0.0261. The molecule has 1 aromatic heterocycles. The van der Waals surface area contributed by atoms with Gasteiger partial charge in [-0.1, -0.05) is 18.2 Å². The molecule has 0 spiro atoms. The van der Waals surface area contributed by atoms with Gasteiger partial charge in [-0.25, -0.2) is 5.84 Å². The first kappa shape index (κ1) is 12.4. The summed E-state index contributed by atoms with van der Waals surface area (Å²) in [5.74, 6) is 5.15. The van der Waals surface area contributed by atoms with Crippen molar-refractivity contribution in [1.82, 2.24) is 10.3 Å². The van der Waals surface area contributed by atoms with E-state index in [1.807, 2.05) is 29.7 Å². The van der Waals surface area contributed by atoms with Crippen LogP contribution in [0.3, 0.4) is 0 Å². The Morgan fingerprint density at radius 3 is 2.95 bits per heavy atom. The Bertz CT molecular complexity index is 678. The van der Waals surface area contributed by atoms with E-state index in [0.717, 1.165) is 11.1 Å². The van der Waals surface area contributed by atoms with Crippen LogP contribution < -0.4 is 11.3 Å². The molecule has 0 bridgehead atoms. The number of rotatable bonds is 3. The predicted octanol–water partition coefficient (Wildman–Crippen LogP) is 1.04. The molecule has 0 fully saturated rings. The number of benzene rings is 1. The lowest BCUT2D eigenvalue weighted by Crippen LogP contribution is -2.29. The lowest BCUT2D eigenvalue weighted by molar-refractivity contribution is 0.0755. The topological polar surface area (TPSA) is 88.6 Å². The van der Waals surface area contributed by atoms with Crippen molar-refractivity contribution in [3.63, 3.8) is 0 Å². The number of hydrazine groups is 1. The molecule has 6 nitrogen and oxygen atoms in total. The molecule has 0 aliphatic carbocycles. The molecular weight excluding hydrogens is 258 g/mol. The van der Waals surface area contributed by atoms with Crippen LogP contribution in [0.25, 0.3) is 0 Å². The van der Waals surface area contributed by atoms with E-state index in [9.17, 15) is 9.59 Å². The maximum atomic E-state index is 12.2. The first-order valence-corrected chi connectivity index (χ1v) is 6.14. The van der Waals surface area contributed by atoms with Gasteiger partial charge in [-0.05, 0) is 17.7 Å². The van der Waals surface area contributed by atoms with Gasteiger partial charge in [0.05, 0.1) is 12.1 Å². The van der Waals surface area contributed by atoms with Gasteiger partial charge in [0.1, 0.15) is 12.0 Å². The van der Waals surface area contributed by atoms with E-state index in [2.05, 4.69) is 0 Å². The van der Waals surface area contributed by atoms with Crippen molar-refractivity contribution >= 4 is 11.8 Å². The fourth-order valence-electron chi connectivity index (χ4n) is 2.30. The van der Waals surface area contributed by atoms with Gasteiger partial charge >= 0.3 is 0 Å². The van der Waals surface area contributed by atoms with E-state index in [1.54, 1.807) is 11.0 Å². The molecule has 0 radical (unpaired) electrons. The molecule has 3 rings (SSSR count). The van der Waals surface area contributed by atoms with Crippen LogP contribution in [0, 0.1) is 0 Å². The summed E-state index contributed by atoms with van der Waals surface area (Å²) in [6.45, 7) is 0.874. The number of nitrogens with two attached hydrogens (primary N) is 1. The maximum Gasteiger partial charge on any atom is 0.268 e. The quantitative estimate of drug-likeness (QED) is 0.496. The summed E-state index contributed by atoms with van der Waals surface area (Å²) in [5, 5.41) is 0. The zero-order valence-corrected chi connectivity index (χ0v) is 10.6. The van der Waals surface area contributed by atoms with Gasteiger partial charge in [0.25, 0.3) is 11.8 Å². The lowest BCUT2D eigenvalue weighted by Gasteiger charge is -2.13. The summed E-state index contributed by atoms with van der Waals surface area (Å²) in [7, 11) is 0. The van der Waals surface area contributed by atoms with Crippen LogP contribution in [0.2, 0.25) is 0 Å². The first-order chi connectivity index (χ1) is 9.69. The van der Waals surface area contributed by atoms with Crippen molar-refractivity contribution < 1.29 is 14.0 Å². The number of hydrogen-bond donors (Lipinski definition) is 2. The second-order valence-corrected chi connectivity index (χ2v) is 4.59. The molecule has 1 aromatic carbocycles. The Morgan fingerprint density at radius 2 is 2.20 bits per heavy atom. The number of carbonyl (C=O) groups is 2. The van der Waals surface area contributed by atoms with Crippen molar-refractivity contribution in [3.8, 4) is 0 Å². The molecule has 0 saturated carbocycles. The fourth-order valence-corrected chi connectivity index (χ4v) is 2.30. The summed E-state index contributed by atoms with van der Waals surface area (Å²) in [4.78, 5) is 25.2. The second kappa shape index (κ2) is 4.82. The summed E-state index contributed by atoms with van der Waals surface area (Å²) < 4.78 is 5.29. The monoisotopic (exact) mass is 271 g/mol. The molecule has 0 unspecified atom stereocenters. The average Bonchev–Trinajstić information content (AvgIpc) is 3.05. The van der Waals surface area contributed by atoms with Gasteiger partial charge in [-0.15, -0.1) is 0 Å². The van der Waals surface area contributed by atoms with Crippen LogP contribution in [0.4, 0.5) is 0 Å². The molecule has 102 valence electrons. The maximum absolute atomic E-state index is 12.2. The van der Waals surface area contributed by atoms with Crippen molar-refractivity contribution in [2.75, 3.05) is 0 Å². The molecule has 1 aliphatic rings. The van der Waals surface area contributed by atoms with Gasteiger partial charge in [0.15, 0.2) is 0 Å². The highest BCUT2D eigenvalue weighted by Crippen LogP contribution is 2.24. The molecule has 1 aliphatic heterocycles. The molecule has 0 atom stereocenters. The zero-order chi connectivity index (χ0) is 14.1. The SMILES string of the molecule is NNC(=O)c1coc(CN2Cc3ccccc3C2=O)c1. The number of fused-ring (bicyclic) bond motifs is 1. The van der Waals surface area contributed by atoms with E-state index >= 15 is 0 Å². The van der Waals surface area contributed by atoms with Crippen molar-refractivity contribution in [2.45, 2.75) is 13.1 Å². The Balaban J connectivity index is 1.76. The molecule has 0 saturated heterocycles. The van der Waals surface area contributed by atoms with E-state index in [-0.39, 0.29) is 5.91 Å². The summed E-state index contributed by atoms with van der Waals surface area (Å²) in [5.41, 5.74) is 4.10. The Labute approximate surface area is 115 Å². The minimum atomic E-state index is -0.420. The van der Waals surface area contributed by atoms with Gasteiger partial charge in [-0.3, -0.25) is 15.0 Å². The first-order valence-electron chi connectivity index (χ1n) is 6.14. The Kier molecular flexibility index (Phi) is 3.00. The Morgan fingerprint density at radius 1 is 1.40 bits per heavy atom. The van der Waals surface area contributed by atoms with Crippen LogP contribution in [0.15, 0.2) is 41.0 Å². The van der Waals surface area contributed by atoms with Gasteiger partial charge in [-0.2, -0.15) is 0 Å². The molecular formula is C14H13N3O3. The lowest BCUT2D eigenvalue weighted by atomic mass is 10.1. The van der Waals surface area contributed by atoms with Gasteiger partial charge in [0, 0.05) is 12.1 Å². The molecule has 2 heterocycles. The molecule has 3 N–H and O–H groups in total. The molecule has 2 aromatic rings. The van der Waals surface area contributed by atoms with Crippen molar-refractivity contribution in [3.05, 3.63) is 59.0 Å². The highest BCUT2D eigenvalue weighted by Gasteiger charge is 2.27. The fraction of sp³-hybridized carbons (Fsp3) is 0.143. The third kappa shape index (κ3) is 2.06. The number of nitrogens with one attached hydrogen (secondary N) is 1. The number of amides is 2. The number of carbonyl (C=O) groups excluding carboxylic acids is 2. The molecule has 2 amide bonds. The summed E-state index contributed by atoms with van der Waals surface area (Å²) >= 11 is 0. The van der Waals surface area contributed by atoms with E-state index in [1.165, 1.54) is 6.26 Å². The highest BCUT2D eigenvalue weighted by molar-refractivity contribution is 5.98. The van der Waals surface area contributed by atoms with Crippen LogP contribution in [0.5, 0.6) is 0 Å². The van der Waals surface area contributed by atoms with Crippen LogP contribution in [-0.2, 0) is 13.1 Å². The number of furan rings is 1. The number of nitrogens with zero attached hydrogens (tertiary/aromatic N) is 1. The van der Waals surface area contributed by atoms with Gasteiger partial charge in [0.2, 0.25) is 0 Å². The molecule has 6 heteroatoms.